The number of nitriles is 1. The number of hydrogen-bond donors (Lipinski definition) is 1. The smallest absolute Gasteiger partial charge is 0.335 e. The van der Waals surface area contributed by atoms with Crippen molar-refractivity contribution >= 4 is 17.0 Å². The van der Waals surface area contributed by atoms with Gasteiger partial charge in [-0.15, -0.1) is 0 Å². The van der Waals surface area contributed by atoms with Crippen LogP contribution in [0.1, 0.15) is 45.7 Å². The lowest BCUT2D eigenvalue weighted by atomic mass is 10.0. The van der Waals surface area contributed by atoms with Gasteiger partial charge in [0.25, 0.3) is 0 Å². The topological polar surface area (TPSA) is 101 Å². The molecule has 1 aliphatic carbocycles. The Labute approximate surface area is 244 Å². The first-order valence-corrected chi connectivity index (χ1v) is 13.6. The van der Waals surface area contributed by atoms with Crippen molar-refractivity contribution in [2.75, 3.05) is 6.67 Å². The third-order valence-corrected chi connectivity index (χ3v) is 7.76. The van der Waals surface area contributed by atoms with Gasteiger partial charge in [0.2, 0.25) is 5.88 Å². The number of nitrogens with zero attached hydrogens (tertiary/aromatic N) is 4. The third kappa shape index (κ3) is 5.79. The summed E-state index contributed by atoms with van der Waals surface area (Å²) in [5.74, 6) is -1.37. The maximum absolute atomic E-state index is 15.4. The van der Waals surface area contributed by atoms with Gasteiger partial charge in [-0.25, -0.2) is 23.5 Å². The molecule has 2 aromatic heterocycles. The molecule has 1 fully saturated rings. The van der Waals surface area contributed by atoms with Crippen LogP contribution in [0.2, 0.25) is 0 Å². The molecule has 0 unspecified atom stereocenters. The lowest BCUT2D eigenvalue weighted by Gasteiger charge is -2.16. The van der Waals surface area contributed by atoms with Crippen LogP contribution in [0.5, 0.6) is 5.88 Å². The number of aromatic carboxylic acids is 1. The highest BCUT2D eigenvalue weighted by Gasteiger charge is 2.43. The van der Waals surface area contributed by atoms with Gasteiger partial charge in [-0.3, -0.25) is 4.39 Å². The average molecular weight is 583 g/mol. The summed E-state index contributed by atoms with van der Waals surface area (Å²) >= 11 is 0. The van der Waals surface area contributed by atoms with E-state index in [4.69, 9.17) is 15.0 Å². The van der Waals surface area contributed by atoms with Crippen molar-refractivity contribution in [2.45, 2.75) is 32.4 Å². The van der Waals surface area contributed by atoms with Crippen molar-refractivity contribution in [1.82, 2.24) is 14.5 Å². The van der Waals surface area contributed by atoms with Crippen molar-refractivity contribution in [2.24, 2.45) is 5.41 Å². The molecule has 43 heavy (non-hydrogen) atoms. The number of carbonyl (C=O) groups is 1. The summed E-state index contributed by atoms with van der Waals surface area (Å²) < 4.78 is 51.0. The Bertz CT molecular complexity index is 1910. The molecule has 10 heteroatoms. The van der Waals surface area contributed by atoms with E-state index in [1.54, 1.807) is 42.5 Å². The predicted octanol–water partition coefficient (Wildman–Crippen LogP) is 6.87. The monoisotopic (exact) mass is 582 g/mol. The number of halogens is 3. The molecule has 5 aromatic rings. The number of hydrogen-bond acceptors (Lipinski definition) is 5. The molecule has 1 saturated carbocycles. The van der Waals surface area contributed by atoms with Gasteiger partial charge in [-0.05, 0) is 66.9 Å². The highest BCUT2D eigenvalue weighted by molar-refractivity contribution is 5.92. The number of imidazole rings is 1. The zero-order valence-corrected chi connectivity index (χ0v) is 22.9. The summed E-state index contributed by atoms with van der Waals surface area (Å²) in [6.45, 7) is -0.234. The van der Waals surface area contributed by atoms with E-state index in [0.717, 1.165) is 18.9 Å². The van der Waals surface area contributed by atoms with E-state index in [1.807, 2.05) is 10.6 Å². The second-order valence-corrected chi connectivity index (χ2v) is 10.8. The lowest BCUT2D eigenvalue weighted by molar-refractivity contribution is 0.0697. The number of aromatic nitrogens is 3. The van der Waals surface area contributed by atoms with Crippen molar-refractivity contribution in [3.05, 3.63) is 113 Å². The van der Waals surface area contributed by atoms with Crippen molar-refractivity contribution < 1.29 is 27.8 Å². The zero-order valence-electron chi connectivity index (χ0n) is 22.9. The van der Waals surface area contributed by atoms with Crippen LogP contribution in [0.4, 0.5) is 13.2 Å². The van der Waals surface area contributed by atoms with Gasteiger partial charge in [-0.1, -0.05) is 18.2 Å². The second kappa shape index (κ2) is 11.2. The summed E-state index contributed by atoms with van der Waals surface area (Å²) in [5, 5.41) is 18.4. The molecule has 1 N–H and O–H groups in total. The fraction of sp³-hybridized carbons (Fsp3) is 0.212. The van der Waals surface area contributed by atoms with Crippen LogP contribution in [0, 0.1) is 28.4 Å². The Kier molecular flexibility index (Phi) is 7.32. The van der Waals surface area contributed by atoms with Gasteiger partial charge in [0.1, 0.15) is 24.1 Å². The number of pyridine rings is 1. The number of carboxylic acid groups (broad SMARTS) is 1. The number of rotatable bonds is 10. The first-order valence-electron chi connectivity index (χ1n) is 13.6. The van der Waals surface area contributed by atoms with E-state index in [-0.39, 0.29) is 41.2 Å². The lowest BCUT2D eigenvalue weighted by Crippen LogP contribution is -2.16. The minimum atomic E-state index is -1.06. The van der Waals surface area contributed by atoms with Crippen molar-refractivity contribution in [1.29, 1.82) is 5.26 Å². The molecule has 1 aliphatic rings. The summed E-state index contributed by atoms with van der Waals surface area (Å²) in [4.78, 5) is 20.7. The molecular formula is C33H25F3N4O3. The van der Waals surface area contributed by atoms with Gasteiger partial charge in [0.15, 0.2) is 0 Å². The van der Waals surface area contributed by atoms with Crippen LogP contribution in [0.25, 0.3) is 22.3 Å². The van der Waals surface area contributed by atoms with Gasteiger partial charge in [-0.2, -0.15) is 5.26 Å². The van der Waals surface area contributed by atoms with Crippen molar-refractivity contribution in [3.63, 3.8) is 0 Å². The van der Waals surface area contributed by atoms with Crippen LogP contribution in [-0.4, -0.2) is 32.3 Å². The Hall–Kier alpha value is -5.17. The Morgan fingerprint density at radius 3 is 2.56 bits per heavy atom. The fourth-order valence-corrected chi connectivity index (χ4v) is 5.05. The maximum Gasteiger partial charge on any atom is 0.335 e. The molecule has 0 atom stereocenters. The highest BCUT2D eigenvalue weighted by Crippen LogP contribution is 2.48. The van der Waals surface area contributed by atoms with Crippen LogP contribution in [0.3, 0.4) is 0 Å². The first-order chi connectivity index (χ1) is 20.8. The van der Waals surface area contributed by atoms with Crippen LogP contribution in [0.15, 0.2) is 72.8 Å². The summed E-state index contributed by atoms with van der Waals surface area (Å²) in [6.07, 6.45) is 1.73. The molecule has 216 valence electrons. The Balaban J connectivity index is 1.24. The molecule has 3 aromatic carbocycles. The molecule has 0 amide bonds. The van der Waals surface area contributed by atoms with E-state index in [0.29, 0.717) is 34.7 Å². The van der Waals surface area contributed by atoms with E-state index in [1.165, 1.54) is 24.3 Å². The number of benzene rings is 3. The molecule has 6 rings (SSSR count). The minimum absolute atomic E-state index is 0.112. The SMILES string of the molecule is N#Cc1ccc(COc2cccc(-c3ccc(Cc4nc5ccc(C(=O)O)cc5n4CC4(CF)CC4)cc3F)n2)c(F)c1. The fourth-order valence-electron chi connectivity index (χ4n) is 5.05. The predicted molar refractivity (Wildman–Crippen MR) is 152 cm³/mol. The summed E-state index contributed by atoms with van der Waals surface area (Å²) in [6, 6.07) is 20.3. The maximum atomic E-state index is 15.4. The van der Waals surface area contributed by atoms with Gasteiger partial charge >= 0.3 is 5.97 Å². The first kappa shape index (κ1) is 28.0. The second-order valence-electron chi connectivity index (χ2n) is 10.8. The summed E-state index contributed by atoms with van der Waals surface area (Å²) in [7, 11) is 0. The van der Waals surface area contributed by atoms with Gasteiger partial charge in [0, 0.05) is 35.6 Å². The third-order valence-electron chi connectivity index (χ3n) is 7.76. The molecule has 2 heterocycles. The standard InChI is InChI=1S/C33H25F3N4O3/c34-18-33(10-11-33)19-40-29-15-22(32(41)42)7-9-28(29)38-30(40)14-20-5-8-24(26(36)12-20)27-2-1-3-31(39-27)43-17-23-6-4-21(16-37)13-25(23)35/h1-9,12-13,15H,10-11,14,17-19H2,(H,41,42). The Morgan fingerprint density at radius 1 is 1.02 bits per heavy atom. The molecule has 0 radical (unpaired) electrons. The molecule has 7 nitrogen and oxygen atoms in total. The number of ether oxygens (including phenoxy) is 1. The van der Waals surface area contributed by atoms with E-state index in [2.05, 4.69) is 4.98 Å². The van der Waals surface area contributed by atoms with E-state index in [9.17, 15) is 18.7 Å². The quantitative estimate of drug-likeness (QED) is 0.193. The van der Waals surface area contributed by atoms with Crippen LogP contribution in [-0.2, 0) is 19.6 Å². The molecule has 0 aliphatic heterocycles. The Morgan fingerprint density at radius 2 is 1.86 bits per heavy atom. The molecular weight excluding hydrogens is 557 g/mol. The summed E-state index contributed by atoms with van der Waals surface area (Å²) in [5.41, 5.74) is 2.49. The zero-order chi connectivity index (χ0) is 30.1. The van der Waals surface area contributed by atoms with Gasteiger partial charge in [0.05, 0.1) is 40.6 Å². The van der Waals surface area contributed by atoms with Gasteiger partial charge < -0.3 is 14.4 Å². The van der Waals surface area contributed by atoms with E-state index >= 15 is 4.39 Å². The number of fused-ring (bicyclic) bond motifs is 1. The molecule has 0 spiro atoms. The molecule has 0 bridgehead atoms. The number of carboxylic acids is 1. The molecule has 0 saturated heterocycles. The normalized spacial score (nSPS) is 13.5. The van der Waals surface area contributed by atoms with Crippen LogP contribution < -0.4 is 4.74 Å². The largest absolute Gasteiger partial charge is 0.478 e. The highest BCUT2D eigenvalue weighted by atomic mass is 19.1. The number of alkyl halides is 1. The van der Waals surface area contributed by atoms with E-state index < -0.39 is 29.7 Å². The average Bonchev–Trinajstić information content (AvgIpc) is 3.71. The van der Waals surface area contributed by atoms with Crippen LogP contribution >= 0.6 is 0 Å². The minimum Gasteiger partial charge on any atom is -0.478 e. The van der Waals surface area contributed by atoms with Crippen molar-refractivity contribution in [3.8, 4) is 23.2 Å².